The van der Waals surface area contributed by atoms with Crippen molar-refractivity contribution in [2.45, 2.75) is 46.2 Å². The van der Waals surface area contributed by atoms with Crippen LogP contribution in [0.25, 0.3) is 0 Å². The number of benzene rings is 1. The summed E-state index contributed by atoms with van der Waals surface area (Å²) in [5.41, 5.74) is 1.60. The lowest BCUT2D eigenvalue weighted by atomic mass is 10.0. The Kier molecular flexibility index (Phi) is 7.68. The zero-order valence-corrected chi connectivity index (χ0v) is 18.4. The Bertz CT molecular complexity index is 828. The first kappa shape index (κ1) is 22.1. The maximum Gasteiger partial charge on any atom is 0.273 e. The van der Waals surface area contributed by atoms with E-state index in [4.69, 9.17) is 9.47 Å². The standard InChI is InChI=1S/C22H33N5O3/c1-5-30-21-12-17(6-7-20(21)29-4)14-26-10-8-18(9-11-26)27-15-19(24-25-27)22(28)23-13-16(2)3/h6-7,12,15-16,18H,5,8-11,13-14H2,1-4H3,(H,23,28). The highest BCUT2D eigenvalue weighted by atomic mass is 16.5. The molecule has 8 heteroatoms. The molecule has 164 valence electrons. The summed E-state index contributed by atoms with van der Waals surface area (Å²) >= 11 is 0. The van der Waals surface area contributed by atoms with Gasteiger partial charge in [-0.2, -0.15) is 0 Å². The summed E-state index contributed by atoms with van der Waals surface area (Å²) in [6.07, 6.45) is 3.73. The van der Waals surface area contributed by atoms with Crippen molar-refractivity contribution in [1.82, 2.24) is 25.2 Å². The molecule has 1 N–H and O–H groups in total. The Balaban J connectivity index is 1.53. The minimum Gasteiger partial charge on any atom is -0.493 e. The van der Waals surface area contributed by atoms with Gasteiger partial charge >= 0.3 is 0 Å². The molecule has 1 fully saturated rings. The minimum atomic E-state index is -0.156. The van der Waals surface area contributed by atoms with Gasteiger partial charge in [-0.1, -0.05) is 25.1 Å². The van der Waals surface area contributed by atoms with Gasteiger partial charge in [0, 0.05) is 26.2 Å². The predicted molar refractivity (Wildman–Crippen MR) is 115 cm³/mol. The van der Waals surface area contributed by atoms with Gasteiger partial charge in [0.15, 0.2) is 17.2 Å². The molecule has 2 aromatic rings. The van der Waals surface area contributed by atoms with E-state index >= 15 is 0 Å². The molecule has 1 aromatic heterocycles. The minimum absolute atomic E-state index is 0.156. The second kappa shape index (κ2) is 10.4. The van der Waals surface area contributed by atoms with Gasteiger partial charge in [-0.05, 0) is 43.4 Å². The lowest BCUT2D eigenvalue weighted by Crippen LogP contribution is -2.34. The van der Waals surface area contributed by atoms with Crippen LogP contribution in [0.4, 0.5) is 0 Å². The maximum absolute atomic E-state index is 12.2. The molecule has 0 unspecified atom stereocenters. The number of hydrogen-bond acceptors (Lipinski definition) is 6. The van der Waals surface area contributed by atoms with E-state index < -0.39 is 0 Å². The Morgan fingerprint density at radius 3 is 2.70 bits per heavy atom. The lowest BCUT2D eigenvalue weighted by molar-refractivity contribution is 0.0944. The quantitative estimate of drug-likeness (QED) is 0.678. The molecule has 1 amide bonds. The summed E-state index contributed by atoms with van der Waals surface area (Å²) in [5.74, 6) is 1.80. The van der Waals surface area contributed by atoms with Crippen molar-refractivity contribution in [1.29, 1.82) is 0 Å². The number of carbonyl (C=O) groups is 1. The van der Waals surface area contributed by atoms with E-state index in [1.54, 1.807) is 13.3 Å². The highest BCUT2D eigenvalue weighted by Crippen LogP contribution is 2.29. The average Bonchev–Trinajstić information content (AvgIpc) is 3.23. The SMILES string of the molecule is CCOc1cc(CN2CCC(n3cc(C(=O)NCC(C)C)nn3)CC2)ccc1OC. The number of amides is 1. The third-order valence-electron chi connectivity index (χ3n) is 5.28. The van der Waals surface area contributed by atoms with Crippen LogP contribution in [0.1, 0.15) is 55.7 Å². The second-order valence-corrected chi connectivity index (χ2v) is 8.11. The van der Waals surface area contributed by atoms with E-state index in [9.17, 15) is 4.79 Å². The van der Waals surface area contributed by atoms with E-state index in [0.29, 0.717) is 24.8 Å². The largest absolute Gasteiger partial charge is 0.493 e. The fourth-order valence-electron chi connectivity index (χ4n) is 3.63. The van der Waals surface area contributed by atoms with E-state index in [1.807, 2.05) is 17.7 Å². The summed E-state index contributed by atoms with van der Waals surface area (Å²) in [5, 5.41) is 11.2. The van der Waals surface area contributed by atoms with Gasteiger partial charge in [0.2, 0.25) is 0 Å². The van der Waals surface area contributed by atoms with E-state index in [2.05, 4.69) is 46.5 Å². The number of likely N-dealkylation sites (tertiary alicyclic amines) is 1. The number of carbonyl (C=O) groups excluding carboxylic acids is 1. The molecule has 1 aliphatic heterocycles. The number of aromatic nitrogens is 3. The molecule has 8 nitrogen and oxygen atoms in total. The Hall–Kier alpha value is -2.61. The molecule has 0 radical (unpaired) electrons. The van der Waals surface area contributed by atoms with Crippen LogP contribution in [0.15, 0.2) is 24.4 Å². The molecular formula is C22H33N5O3. The van der Waals surface area contributed by atoms with Crippen molar-refractivity contribution in [3.63, 3.8) is 0 Å². The molecule has 0 saturated carbocycles. The van der Waals surface area contributed by atoms with Crippen LogP contribution in [0, 0.1) is 5.92 Å². The topological polar surface area (TPSA) is 81.5 Å². The fourth-order valence-corrected chi connectivity index (χ4v) is 3.63. The summed E-state index contributed by atoms with van der Waals surface area (Å²) in [4.78, 5) is 14.6. The van der Waals surface area contributed by atoms with Crippen molar-refractivity contribution >= 4 is 5.91 Å². The van der Waals surface area contributed by atoms with Gasteiger partial charge < -0.3 is 14.8 Å². The molecule has 0 bridgehead atoms. The van der Waals surface area contributed by atoms with Crippen LogP contribution in [0.5, 0.6) is 11.5 Å². The van der Waals surface area contributed by atoms with Gasteiger partial charge in [0.1, 0.15) is 0 Å². The number of nitrogens with zero attached hydrogens (tertiary/aromatic N) is 4. The highest BCUT2D eigenvalue weighted by molar-refractivity contribution is 5.91. The van der Waals surface area contributed by atoms with Crippen LogP contribution >= 0.6 is 0 Å². The van der Waals surface area contributed by atoms with E-state index in [0.717, 1.165) is 44.0 Å². The molecule has 3 rings (SSSR count). The lowest BCUT2D eigenvalue weighted by Gasteiger charge is -2.31. The van der Waals surface area contributed by atoms with Crippen molar-refractivity contribution in [3.8, 4) is 11.5 Å². The van der Waals surface area contributed by atoms with Crippen LogP contribution in [-0.4, -0.2) is 59.2 Å². The molecule has 1 aliphatic rings. The van der Waals surface area contributed by atoms with Crippen molar-refractivity contribution in [2.24, 2.45) is 5.92 Å². The zero-order chi connectivity index (χ0) is 21.5. The van der Waals surface area contributed by atoms with Gasteiger partial charge in [0.05, 0.1) is 26.0 Å². The van der Waals surface area contributed by atoms with Crippen molar-refractivity contribution in [2.75, 3.05) is 33.4 Å². The van der Waals surface area contributed by atoms with Crippen LogP contribution < -0.4 is 14.8 Å². The van der Waals surface area contributed by atoms with Crippen molar-refractivity contribution < 1.29 is 14.3 Å². The first-order valence-electron chi connectivity index (χ1n) is 10.7. The Labute approximate surface area is 178 Å². The van der Waals surface area contributed by atoms with Crippen LogP contribution in [0.2, 0.25) is 0 Å². The normalized spacial score (nSPS) is 15.4. The fraction of sp³-hybridized carbons (Fsp3) is 0.591. The number of nitrogens with one attached hydrogen (secondary N) is 1. The summed E-state index contributed by atoms with van der Waals surface area (Å²) in [6.45, 7) is 10.2. The predicted octanol–water partition coefficient (Wildman–Crippen LogP) is 2.91. The maximum atomic E-state index is 12.2. The van der Waals surface area contributed by atoms with Gasteiger partial charge in [0.25, 0.3) is 5.91 Å². The third-order valence-corrected chi connectivity index (χ3v) is 5.28. The molecule has 0 atom stereocenters. The third kappa shape index (κ3) is 5.72. The zero-order valence-electron chi connectivity index (χ0n) is 18.4. The van der Waals surface area contributed by atoms with E-state index in [1.165, 1.54) is 5.56 Å². The smallest absolute Gasteiger partial charge is 0.273 e. The molecule has 1 saturated heterocycles. The molecule has 2 heterocycles. The number of piperidine rings is 1. The van der Waals surface area contributed by atoms with Crippen molar-refractivity contribution in [3.05, 3.63) is 35.7 Å². The summed E-state index contributed by atoms with van der Waals surface area (Å²) in [7, 11) is 1.66. The first-order chi connectivity index (χ1) is 14.5. The Morgan fingerprint density at radius 2 is 2.03 bits per heavy atom. The molecule has 1 aromatic carbocycles. The molecule has 30 heavy (non-hydrogen) atoms. The second-order valence-electron chi connectivity index (χ2n) is 8.11. The summed E-state index contributed by atoms with van der Waals surface area (Å²) < 4.78 is 12.9. The summed E-state index contributed by atoms with van der Waals surface area (Å²) in [6, 6.07) is 6.39. The van der Waals surface area contributed by atoms with E-state index in [-0.39, 0.29) is 11.9 Å². The number of hydrogen-bond donors (Lipinski definition) is 1. The van der Waals surface area contributed by atoms with Gasteiger partial charge in [-0.3, -0.25) is 9.69 Å². The monoisotopic (exact) mass is 415 g/mol. The van der Waals surface area contributed by atoms with Gasteiger partial charge in [-0.15, -0.1) is 5.10 Å². The molecule has 0 aliphatic carbocycles. The Morgan fingerprint density at radius 1 is 1.27 bits per heavy atom. The van der Waals surface area contributed by atoms with Gasteiger partial charge in [-0.25, -0.2) is 4.68 Å². The number of rotatable bonds is 9. The highest BCUT2D eigenvalue weighted by Gasteiger charge is 2.23. The average molecular weight is 416 g/mol. The van der Waals surface area contributed by atoms with Crippen LogP contribution in [0.3, 0.4) is 0 Å². The number of methoxy groups -OCH3 is 1. The molecular weight excluding hydrogens is 382 g/mol. The van der Waals surface area contributed by atoms with Crippen LogP contribution in [-0.2, 0) is 6.54 Å². The first-order valence-corrected chi connectivity index (χ1v) is 10.7. The number of ether oxygens (including phenoxy) is 2. The molecule has 0 spiro atoms.